The Labute approximate surface area is 151 Å². The molecule has 1 amide bonds. The summed E-state index contributed by atoms with van der Waals surface area (Å²) >= 11 is 0. The van der Waals surface area contributed by atoms with Crippen molar-refractivity contribution in [2.75, 3.05) is 51.1 Å². The number of carbonyl (C=O) groups excluding carboxylic acids is 1. The van der Waals surface area contributed by atoms with Crippen LogP contribution >= 0.6 is 12.4 Å². The first kappa shape index (κ1) is 19.2. The summed E-state index contributed by atoms with van der Waals surface area (Å²) in [7, 11) is 0. The van der Waals surface area contributed by atoms with E-state index in [1.807, 2.05) is 19.1 Å². The molecule has 0 aliphatic carbocycles. The van der Waals surface area contributed by atoms with Crippen LogP contribution in [0.25, 0.3) is 0 Å². The van der Waals surface area contributed by atoms with Crippen molar-refractivity contribution >= 4 is 24.0 Å². The number of nitrogens with one attached hydrogen (secondary N) is 2. The number of piperazine rings is 1. The molecule has 24 heavy (non-hydrogen) atoms. The van der Waals surface area contributed by atoms with E-state index >= 15 is 0 Å². The third-order valence-corrected chi connectivity index (χ3v) is 4.98. The number of halogens is 1. The predicted molar refractivity (Wildman–Crippen MR) is 101 cm³/mol. The Morgan fingerprint density at radius 1 is 1.25 bits per heavy atom. The smallest absolute Gasteiger partial charge is 0.238 e. The average Bonchev–Trinajstić information content (AvgIpc) is 3.05. The molecule has 1 aromatic carbocycles. The van der Waals surface area contributed by atoms with Gasteiger partial charge in [-0.05, 0) is 38.4 Å². The van der Waals surface area contributed by atoms with Gasteiger partial charge in [-0.25, -0.2) is 0 Å². The lowest BCUT2D eigenvalue weighted by Crippen LogP contribution is -2.52. The van der Waals surface area contributed by atoms with Crippen LogP contribution in [0.15, 0.2) is 18.2 Å². The van der Waals surface area contributed by atoms with Crippen molar-refractivity contribution in [2.24, 2.45) is 0 Å². The fourth-order valence-electron chi connectivity index (χ4n) is 3.58. The van der Waals surface area contributed by atoms with Gasteiger partial charge in [-0.15, -0.1) is 12.4 Å². The molecule has 2 aliphatic rings. The van der Waals surface area contributed by atoms with Crippen LogP contribution in [0.5, 0.6) is 0 Å². The summed E-state index contributed by atoms with van der Waals surface area (Å²) in [6.45, 7) is 11.0. The molecule has 2 saturated heterocycles. The largest absolute Gasteiger partial charge is 0.325 e. The zero-order valence-corrected chi connectivity index (χ0v) is 15.5. The highest BCUT2D eigenvalue weighted by atomic mass is 35.5. The van der Waals surface area contributed by atoms with E-state index in [0.29, 0.717) is 12.6 Å². The second-order valence-electron chi connectivity index (χ2n) is 6.83. The van der Waals surface area contributed by atoms with Crippen molar-refractivity contribution < 1.29 is 4.79 Å². The third-order valence-electron chi connectivity index (χ3n) is 4.98. The van der Waals surface area contributed by atoms with Gasteiger partial charge in [0.15, 0.2) is 0 Å². The molecule has 2 aliphatic heterocycles. The van der Waals surface area contributed by atoms with Crippen LogP contribution in [0, 0.1) is 13.8 Å². The molecule has 2 heterocycles. The number of benzene rings is 1. The van der Waals surface area contributed by atoms with Crippen molar-refractivity contribution in [3.8, 4) is 0 Å². The second kappa shape index (κ2) is 8.81. The van der Waals surface area contributed by atoms with Crippen LogP contribution in [-0.2, 0) is 4.79 Å². The zero-order chi connectivity index (χ0) is 16.2. The number of nitrogens with zero attached hydrogens (tertiary/aromatic N) is 2. The van der Waals surface area contributed by atoms with Crippen molar-refractivity contribution in [1.29, 1.82) is 0 Å². The van der Waals surface area contributed by atoms with Crippen LogP contribution in [0.4, 0.5) is 5.69 Å². The minimum atomic E-state index is 0. The van der Waals surface area contributed by atoms with Gasteiger partial charge in [-0.2, -0.15) is 0 Å². The Hall–Kier alpha value is -1.14. The molecular formula is C18H29ClN4O. The van der Waals surface area contributed by atoms with Crippen molar-refractivity contribution in [1.82, 2.24) is 15.1 Å². The summed E-state index contributed by atoms with van der Waals surface area (Å²) in [6.07, 6.45) is 1.26. The highest BCUT2D eigenvalue weighted by molar-refractivity contribution is 5.93. The molecule has 2 fully saturated rings. The second-order valence-corrected chi connectivity index (χ2v) is 6.83. The van der Waals surface area contributed by atoms with Crippen molar-refractivity contribution in [3.05, 3.63) is 29.3 Å². The molecule has 0 aromatic heterocycles. The normalized spacial score (nSPS) is 22.2. The van der Waals surface area contributed by atoms with E-state index in [-0.39, 0.29) is 18.3 Å². The lowest BCUT2D eigenvalue weighted by molar-refractivity contribution is -0.117. The Morgan fingerprint density at radius 2 is 2.00 bits per heavy atom. The van der Waals surface area contributed by atoms with Crippen LogP contribution in [0.2, 0.25) is 0 Å². The van der Waals surface area contributed by atoms with E-state index in [1.54, 1.807) is 0 Å². The number of aryl methyl sites for hydroxylation is 2. The topological polar surface area (TPSA) is 47.6 Å². The lowest BCUT2D eigenvalue weighted by atomic mass is 10.1. The third kappa shape index (κ3) is 4.93. The van der Waals surface area contributed by atoms with Gasteiger partial charge in [0.05, 0.1) is 6.54 Å². The predicted octanol–water partition coefficient (Wildman–Crippen LogP) is 1.64. The van der Waals surface area contributed by atoms with Crippen LogP contribution in [0.3, 0.4) is 0 Å². The molecule has 5 nitrogen and oxygen atoms in total. The highest BCUT2D eigenvalue weighted by Crippen LogP contribution is 2.16. The molecule has 0 radical (unpaired) electrons. The molecule has 3 rings (SSSR count). The first-order chi connectivity index (χ1) is 11.1. The van der Waals surface area contributed by atoms with E-state index in [9.17, 15) is 4.79 Å². The van der Waals surface area contributed by atoms with E-state index in [4.69, 9.17) is 0 Å². The summed E-state index contributed by atoms with van der Waals surface area (Å²) in [5, 5.41) is 6.48. The van der Waals surface area contributed by atoms with E-state index in [2.05, 4.69) is 33.4 Å². The molecule has 0 saturated carbocycles. The number of amides is 1. The fourth-order valence-corrected chi connectivity index (χ4v) is 3.58. The Morgan fingerprint density at radius 3 is 2.62 bits per heavy atom. The van der Waals surface area contributed by atoms with Crippen molar-refractivity contribution in [3.63, 3.8) is 0 Å². The molecule has 6 heteroatoms. The quantitative estimate of drug-likeness (QED) is 0.865. The lowest BCUT2D eigenvalue weighted by Gasteiger charge is -2.37. The van der Waals surface area contributed by atoms with E-state index in [1.165, 1.54) is 12.0 Å². The Bertz CT molecular complexity index is 552. The average molecular weight is 353 g/mol. The van der Waals surface area contributed by atoms with Gasteiger partial charge in [-0.3, -0.25) is 14.6 Å². The van der Waals surface area contributed by atoms with Gasteiger partial charge in [0.1, 0.15) is 0 Å². The summed E-state index contributed by atoms with van der Waals surface area (Å²) < 4.78 is 0. The summed E-state index contributed by atoms with van der Waals surface area (Å²) in [6, 6.07) is 6.83. The Balaban J connectivity index is 0.00000208. The standard InChI is InChI=1S/C18H28N4O.ClH/c1-14-3-4-17(15(2)11-14)20-18(23)13-21-7-9-22(10-8-21)16-5-6-19-12-16;/h3-4,11,16,19H,5-10,12-13H2,1-2H3,(H,20,23);1H. The van der Waals surface area contributed by atoms with Gasteiger partial charge in [0.2, 0.25) is 5.91 Å². The Kier molecular flexibility index (Phi) is 7.04. The van der Waals surface area contributed by atoms with Crippen LogP contribution in [-0.4, -0.2) is 67.6 Å². The minimum Gasteiger partial charge on any atom is -0.325 e. The number of hydrogen-bond donors (Lipinski definition) is 2. The van der Waals surface area contributed by atoms with Gasteiger partial charge in [-0.1, -0.05) is 17.7 Å². The highest BCUT2D eigenvalue weighted by Gasteiger charge is 2.26. The SMILES string of the molecule is Cc1ccc(NC(=O)CN2CCN(C3CCNC3)CC2)c(C)c1.Cl. The minimum absolute atomic E-state index is 0. The number of carbonyl (C=O) groups is 1. The number of hydrogen-bond acceptors (Lipinski definition) is 4. The molecular weight excluding hydrogens is 324 g/mol. The maximum absolute atomic E-state index is 12.3. The molecule has 1 atom stereocenters. The summed E-state index contributed by atoms with van der Waals surface area (Å²) in [4.78, 5) is 17.1. The number of anilines is 1. The number of rotatable bonds is 4. The van der Waals surface area contributed by atoms with Gasteiger partial charge in [0.25, 0.3) is 0 Å². The molecule has 0 spiro atoms. The van der Waals surface area contributed by atoms with Crippen LogP contribution < -0.4 is 10.6 Å². The maximum atomic E-state index is 12.3. The fraction of sp³-hybridized carbons (Fsp3) is 0.611. The summed E-state index contributed by atoms with van der Waals surface area (Å²) in [5.41, 5.74) is 3.27. The van der Waals surface area contributed by atoms with Gasteiger partial charge in [0, 0.05) is 44.5 Å². The monoisotopic (exact) mass is 352 g/mol. The zero-order valence-electron chi connectivity index (χ0n) is 14.7. The van der Waals surface area contributed by atoms with Gasteiger partial charge < -0.3 is 10.6 Å². The first-order valence-electron chi connectivity index (χ1n) is 8.66. The molecule has 2 N–H and O–H groups in total. The van der Waals surface area contributed by atoms with E-state index in [0.717, 1.165) is 50.5 Å². The first-order valence-corrected chi connectivity index (χ1v) is 8.66. The molecule has 0 bridgehead atoms. The molecule has 1 aromatic rings. The summed E-state index contributed by atoms with van der Waals surface area (Å²) in [5.74, 6) is 0.0907. The maximum Gasteiger partial charge on any atom is 0.238 e. The van der Waals surface area contributed by atoms with Gasteiger partial charge >= 0.3 is 0 Å². The molecule has 1 unspecified atom stereocenters. The van der Waals surface area contributed by atoms with Crippen molar-refractivity contribution in [2.45, 2.75) is 26.3 Å². The van der Waals surface area contributed by atoms with Crippen LogP contribution in [0.1, 0.15) is 17.5 Å². The van der Waals surface area contributed by atoms with E-state index < -0.39 is 0 Å². The molecule has 134 valence electrons.